The summed E-state index contributed by atoms with van der Waals surface area (Å²) in [5, 5.41) is 10.7. The molecule has 0 radical (unpaired) electrons. The Bertz CT molecular complexity index is 769. The minimum absolute atomic E-state index is 0.0286. The van der Waals surface area contributed by atoms with Gasteiger partial charge in [-0.1, -0.05) is 50.0 Å². The number of carbonyl (C=O) groups excluding carboxylic acids is 2. The summed E-state index contributed by atoms with van der Waals surface area (Å²) < 4.78 is 5.64. The highest BCUT2D eigenvalue weighted by Gasteiger charge is 2.35. The third-order valence-electron chi connectivity index (χ3n) is 4.86. The molecular formula is C20H26N4O3. The van der Waals surface area contributed by atoms with Gasteiger partial charge in [-0.15, -0.1) is 5.10 Å². The summed E-state index contributed by atoms with van der Waals surface area (Å²) in [6, 6.07) is 9.64. The Balaban J connectivity index is 1.64. The number of nitrogens with one attached hydrogen (secondary N) is 1. The van der Waals surface area contributed by atoms with E-state index in [2.05, 4.69) is 29.4 Å². The van der Waals surface area contributed by atoms with Crippen molar-refractivity contribution in [3.8, 4) is 0 Å². The number of hydrogen-bond acceptors (Lipinski definition) is 5. The Morgan fingerprint density at radius 1 is 1.22 bits per heavy atom. The maximum absolute atomic E-state index is 12.4. The van der Waals surface area contributed by atoms with Gasteiger partial charge in [0.2, 0.25) is 17.7 Å². The van der Waals surface area contributed by atoms with Crippen molar-refractivity contribution < 1.29 is 14.0 Å². The van der Waals surface area contributed by atoms with E-state index in [1.54, 1.807) is 4.90 Å². The van der Waals surface area contributed by atoms with Crippen LogP contribution in [0.15, 0.2) is 34.7 Å². The van der Waals surface area contributed by atoms with Crippen molar-refractivity contribution in [3.05, 3.63) is 36.2 Å². The fraction of sp³-hybridized carbons (Fsp3) is 0.500. The Labute approximate surface area is 159 Å². The predicted molar refractivity (Wildman–Crippen MR) is 102 cm³/mol. The summed E-state index contributed by atoms with van der Waals surface area (Å²) in [6.07, 6.45) is 3.89. The molecule has 1 fully saturated rings. The number of para-hydroxylation sites is 1. The molecule has 3 rings (SSSR count). The third kappa shape index (κ3) is 4.53. The van der Waals surface area contributed by atoms with E-state index >= 15 is 0 Å². The van der Waals surface area contributed by atoms with Crippen molar-refractivity contribution >= 4 is 23.5 Å². The topological polar surface area (TPSA) is 88.3 Å². The molecular weight excluding hydrogens is 344 g/mol. The molecule has 1 aromatic carbocycles. The predicted octanol–water partition coefficient (Wildman–Crippen LogP) is 3.75. The minimum atomic E-state index is -0.169. The van der Waals surface area contributed by atoms with E-state index < -0.39 is 0 Å². The largest absolute Gasteiger partial charge is 0.407 e. The first-order valence-electron chi connectivity index (χ1n) is 9.62. The van der Waals surface area contributed by atoms with E-state index in [4.69, 9.17) is 4.42 Å². The molecule has 2 heterocycles. The lowest BCUT2D eigenvalue weighted by Gasteiger charge is -2.15. The molecule has 1 aliphatic rings. The van der Waals surface area contributed by atoms with Gasteiger partial charge in [-0.05, 0) is 25.0 Å². The van der Waals surface area contributed by atoms with Crippen LogP contribution < -0.4 is 10.2 Å². The van der Waals surface area contributed by atoms with Gasteiger partial charge in [0.25, 0.3) is 0 Å². The van der Waals surface area contributed by atoms with Gasteiger partial charge in [0.15, 0.2) is 0 Å². The second-order valence-corrected chi connectivity index (χ2v) is 6.95. The summed E-state index contributed by atoms with van der Waals surface area (Å²) >= 11 is 0. The fourth-order valence-electron chi connectivity index (χ4n) is 3.49. The monoisotopic (exact) mass is 370 g/mol. The third-order valence-corrected chi connectivity index (χ3v) is 4.86. The molecule has 7 heteroatoms. The van der Waals surface area contributed by atoms with E-state index in [1.807, 2.05) is 30.3 Å². The summed E-state index contributed by atoms with van der Waals surface area (Å²) in [6.45, 7) is 4.62. The van der Waals surface area contributed by atoms with Crippen molar-refractivity contribution in [1.29, 1.82) is 0 Å². The second kappa shape index (κ2) is 8.79. The maximum atomic E-state index is 12.4. The lowest BCUT2D eigenvalue weighted by molar-refractivity contribution is -0.120. The zero-order valence-electron chi connectivity index (χ0n) is 15.9. The molecule has 1 atom stereocenters. The lowest BCUT2D eigenvalue weighted by atomic mass is 9.97. The minimum Gasteiger partial charge on any atom is -0.407 e. The Morgan fingerprint density at radius 2 is 1.93 bits per heavy atom. The molecule has 144 valence electrons. The summed E-state index contributed by atoms with van der Waals surface area (Å²) in [4.78, 5) is 26.5. The molecule has 0 saturated carbocycles. The second-order valence-electron chi connectivity index (χ2n) is 6.95. The van der Waals surface area contributed by atoms with Crippen LogP contribution in [0, 0.1) is 5.92 Å². The average molecular weight is 370 g/mol. The molecule has 7 nitrogen and oxygen atoms in total. The quantitative estimate of drug-likeness (QED) is 0.764. The van der Waals surface area contributed by atoms with Crippen LogP contribution in [0.3, 0.4) is 0 Å². The van der Waals surface area contributed by atoms with E-state index in [-0.39, 0.29) is 29.7 Å². The highest BCUT2D eigenvalue weighted by molar-refractivity contribution is 5.96. The van der Waals surface area contributed by atoms with Crippen LogP contribution >= 0.6 is 0 Å². The van der Waals surface area contributed by atoms with Crippen molar-refractivity contribution in [2.75, 3.05) is 16.8 Å². The molecule has 2 aromatic rings. The first-order valence-corrected chi connectivity index (χ1v) is 9.62. The highest BCUT2D eigenvalue weighted by Crippen LogP contribution is 2.31. The number of nitrogens with zero attached hydrogens (tertiary/aromatic N) is 3. The van der Waals surface area contributed by atoms with Gasteiger partial charge in [0, 0.05) is 24.6 Å². The number of amides is 2. The first-order chi connectivity index (χ1) is 13.1. The van der Waals surface area contributed by atoms with Gasteiger partial charge in [-0.3, -0.25) is 14.9 Å². The molecule has 1 unspecified atom stereocenters. The van der Waals surface area contributed by atoms with Crippen molar-refractivity contribution in [1.82, 2.24) is 10.2 Å². The SMILES string of the molecule is CCCC(CCC)C(=O)Nc1nnc(C2CC(=O)N(c3ccccc3)C2)o1. The summed E-state index contributed by atoms with van der Waals surface area (Å²) in [5.41, 5.74) is 0.861. The lowest BCUT2D eigenvalue weighted by Crippen LogP contribution is -2.24. The van der Waals surface area contributed by atoms with Gasteiger partial charge >= 0.3 is 6.01 Å². The summed E-state index contributed by atoms with van der Waals surface area (Å²) in [5.74, 6) is 0.123. The van der Waals surface area contributed by atoms with Crippen molar-refractivity contribution in [2.45, 2.75) is 51.9 Å². The van der Waals surface area contributed by atoms with Gasteiger partial charge in [-0.25, -0.2) is 0 Å². The zero-order valence-corrected chi connectivity index (χ0v) is 15.9. The maximum Gasteiger partial charge on any atom is 0.322 e. The van der Waals surface area contributed by atoms with E-state index in [0.29, 0.717) is 18.9 Å². The van der Waals surface area contributed by atoms with E-state index in [1.165, 1.54) is 0 Å². The van der Waals surface area contributed by atoms with Crippen molar-refractivity contribution in [2.24, 2.45) is 5.92 Å². The van der Waals surface area contributed by atoms with Crippen LogP contribution in [0.2, 0.25) is 0 Å². The number of carbonyl (C=O) groups is 2. The number of benzene rings is 1. The number of aromatic nitrogens is 2. The number of hydrogen-bond donors (Lipinski definition) is 1. The van der Waals surface area contributed by atoms with Crippen molar-refractivity contribution in [3.63, 3.8) is 0 Å². The molecule has 1 aromatic heterocycles. The molecule has 27 heavy (non-hydrogen) atoms. The zero-order chi connectivity index (χ0) is 19.2. The van der Waals surface area contributed by atoms with Crippen LogP contribution in [-0.2, 0) is 9.59 Å². The molecule has 1 saturated heterocycles. The molecule has 0 spiro atoms. The normalized spacial score (nSPS) is 16.9. The van der Waals surface area contributed by atoms with Gasteiger partial charge in [-0.2, -0.15) is 0 Å². The number of rotatable bonds is 8. The fourth-order valence-corrected chi connectivity index (χ4v) is 3.49. The Kier molecular flexibility index (Phi) is 6.21. The van der Waals surface area contributed by atoms with Gasteiger partial charge < -0.3 is 9.32 Å². The van der Waals surface area contributed by atoms with E-state index in [9.17, 15) is 9.59 Å². The molecule has 0 aliphatic carbocycles. The number of anilines is 2. The molecule has 1 aliphatic heterocycles. The average Bonchev–Trinajstić information content (AvgIpc) is 3.29. The van der Waals surface area contributed by atoms with Gasteiger partial charge in [0.05, 0.1) is 5.92 Å². The van der Waals surface area contributed by atoms with E-state index in [0.717, 1.165) is 31.4 Å². The molecule has 0 bridgehead atoms. The molecule has 1 N–H and O–H groups in total. The molecule has 2 amide bonds. The first kappa shape index (κ1) is 19.1. The highest BCUT2D eigenvalue weighted by atomic mass is 16.4. The van der Waals surface area contributed by atoms with Crippen LogP contribution in [0.25, 0.3) is 0 Å². The van der Waals surface area contributed by atoms with Gasteiger partial charge in [0.1, 0.15) is 0 Å². The van der Waals surface area contributed by atoms with Crippen LogP contribution in [-0.4, -0.2) is 28.6 Å². The van der Waals surface area contributed by atoms with Crippen LogP contribution in [0.5, 0.6) is 0 Å². The van der Waals surface area contributed by atoms with Crippen LogP contribution in [0.1, 0.15) is 57.8 Å². The summed E-state index contributed by atoms with van der Waals surface area (Å²) in [7, 11) is 0. The smallest absolute Gasteiger partial charge is 0.322 e. The Hall–Kier alpha value is -2.70. The standard InChI is InChI=1S/C20H26N4O3/c1-3-8-14(9-4-2)18(26)21-20-23-22-19(27-20)15-12-17(25)24(13-15)16-10-6-5-7-11-16/h5-7,10-11,14-15H,3-4,8-9,12-13H2,1-2H3,(H,21,23,26). The van der Waals surface area contributed by atoms with Crippen LogP contribution in [0.4, 0.5) is 11.7 Å². The Morgan fingerprint density at radius 3 is 2.59 bits per heavy atom.